The van der Waals surface area contributed by atoms with Crippen LogP contribution in [0.2, 0.25) is 0 Å². The molecule has 0 radical (unpaired) electrons. The summed E-state index contributed by atoms with van der Waals surface area (Å²) in [5, 5.41) is 9.97. The molecule has 1 N–H and O–H groups in total. The van der Waals surface area contributed by atoms with Crippen LogP contribution in [0, 0.1) is 6.92 Å². The second-order valence-corrected chi connectivity index (χ2v) is 5.76. The molecule has 1 aliphatic heterocycles. The number of rotatable bonds is 4. The Balaban J connectivity index is 1.82. The van der Waals surface area contributed by atoms with Gasteiger partial charge < -0.3 is 14.7 Å². The molecule has 0 unspecified atom stereocenters. The SMILES string of the molecule is Cc1ccccc1C[C@@]1(CO)CN(c2ncccn2)CCO1. The zero-order valence-electron chi connectivity index (χ0n) is 12.8. The number of hydrogen-bond acceptors (Lipinski definition) is 5. The zero-order chi connectivity index (χ0) is 15.4. The Kier molecular flexibility index (Phi) is 4.36. The molecule has 116 valence electrons. The van der Waals surface area contributed by atoms with Gasteiger partial charge in [0.25, 0.3) is 0 Å². The molecule has 1 aliphatic rings. The van der Waals surface area contributed by atoms with Gasteiger partial charge in [-0.1, -0.05) is 24.3 Å². The molecule has 22 heavy (non-hydrogen) atoms. The number of aryl methyl sites for hydroxylation is 1. The normalized spacial score (nSPS) is 21.8. The number of nitrogens with zero attached hydrogens (tertiary/aromatic N) is 3. The highest BCUT2D eigenvalue weighted by Crippen LogP contribution is 2.26. The zero-order valence-corrected chi connectivity index (χ0v) is 12.8. The summed E-state index contributed by atoms with van der Waals surface area (Å²) in [6, 6.07) is 10.0. The van der Waals surface area contributed by atoms with Crippen LogP contribution in [0.25, 0.3) is 0 Å². The Morgan fingerprint density at radius 3 is 2.73 bits per heavy atom. The average Bonchev–Trinajstić information content (AvgIpc) is 2.58. The molecule has 0 spiro atoms. The third-order valence-corrected chi connectivity index (χ3v) is 4.15. The van der Waals surface area contributed by atoms with E-state index in [1.165, 1.54) is 11.1 Å². The maximum Gasteiger partial charge on any atom is 0.225 e. The van der Waals surface area contributed by atoms with Gasteiger partial charge in [-0.3, -0.25) is 0 Å². The predicted octanol–water partition coefficient (Wildman–Crippen LogP) is 1.60. The van der Waals surface area contributed by atoms with Gasteiger partial charge in [-0.2, -0.15) is 0 Å². The maximum atomic E-state index is 9.97. The minimum atomic E-state index is -0.608. The van der Waals surface area contributed by atoms with E-state index in [9.17, 15) is 5.11 Å². The van der Waals surface area contributed by atoms with Crippen LogP contribution >= 0.6 is 0 Å². The van der Waals surface area contributed by atoms with Gasteiger partial charge in [0.05, 0.1) is 19.8 Å². The average molecular weight is 299 g/mol. The van der Waals surface area contributed by atoms with E-state index in [1.807, 2.05) is 12.1 Å². The lowest BCUT2D eigenvalue weighted by Crippen LogP contribution is -2.56. The summed E-state index contributed by atoms with van der Waals surface area (Å²) in [6.07, 6.45) is 4.15. The van der Waals surface area contributed by atoms with Crippen molar-refractivity contribution >= 4 is 5.95 Å². The minimum Gasteiger partial charge on any atom is -0.393 e. The van der Waals surface area contributed by atoms with E-state index in [2.05, 4.69) is 33.9 Å². The highest BCUT2D eigenvalue weighted by atomic mass is 16.5. The molecule has 0 amide bonds. The van der Waals surface area contributed by atoms with Crippen LogP contribution in [0.15, 0.2) is 42.7 Å². The number of benzene rings is 1. The van der Waals surface area contributed by atoms with E-state index < -0.39 is 5.60 Å². The van der Waals surface area contributed by atoms with Gasteiger partial charge in [-0.25, -0.2) is 9.97 Å². The standard InChI is InChI=1S/C17H21N3O2/c1-14-5-2-3-6-15(14)11-17(13-21)12-20(9-10-22-17)16-18-7-4-8-19-16/h2-8,21H,9-13H2,1H3/t17-/m0/s1. The van der Waals surface area contributed by atoms with Crippen LogP contribution in [0.3, 0.4) is 0 Å². The second kappa shape index (κ2) is 6.42. The first-order chi connectivity index (χ1) is 10.7. The Morgan fingerprint density at radius 1 is 1.23 bits per heavy atom. The first-order valence-corrected chi connectivity index (χ1v) is 7.54. The van der Waals surface area contributed by atoms with E-state index >= 15 is 0 Å². The number of ether oxygens (including phenoxy) is 1. The van der Waals surface area contributed by atoms with Gasteiger partial charge in [0.15, 0.2) is 0 Å². The topological polar surface area (TPSA) is 58.5 Å². The molecule has 3 rings (SSSR count). The molecule has 2 aromatic rings. The molecule has 1 aromatic heterocycles. The van der Waals surface area contributed by atoms with Gasteiger partial charge in [-0.05, 0) is 24.1 Å². The van der Waals surface area contributed by atoms with Crippen LogP contribution in [-0.2, 0) is 11.2 Å². The van der Waals surface area contributed by atoms with Crippen LogP contribution in [-0.4, -0.2) is 47.0 Å². The van der Waals surface area contributed by atoms with Crippen molar-refractivity contribution in [3.8, 4) is 0 Å². The number of aromatic nitrogens is 2. The Bertz CT molecular complexity index is 620. The summed E-state index contributed by atoms with van der Waals surface area (Å²) in [4.78, 5) is 10.7. The van der Waals surface area contributed by atoms with E-state index in [0.717, 1.165) is 6.54 Å². The number of aliphatic hydroxyl groups excluding tert-OH is 1. The molecule has 1 aromatic carbocycles. The van der Waals surface area contributed by atoms with Crippen molar-refractivity contribution in [2.75, 3.05) is 31.2 Å². The van der Waals surface area contributed by atoms with Gasteiger partial charge in [0.1, 0.15) is 5.60 Å². The van der Waals surface area contributed by atoms with E-state index in [-0.39, 0.29) is 6.61 Å². The molecule has 0 saturated carbocycles. The summed E-state index contributed by atoms with van der Waals surface area (Å²) in [6.45, 7) is 3.94. The van der Waals surface area contributed by atoms with Crippen molar-refractivity contribution in [2.45, 2.75) is 18.9 Å². The van der Waals surface area contributed by atoms with Gasteiger partial charge in [-0.15, -0.1) is 0 Å². The Labute approximate surface area is 130 Å². The first-order valence-electron chi connectivity index (χ1n) is 7.54. The summed E-state index contributed by atoms with van der Waals surface area (Å²) >= 11 is 0. The highest BCUT2D eigenvalue weighted by Gasteiger charge is 2.37. The van der Waals surface area contributed by atoms with E-state index in [0.29, 0.717) is 25.5 Å². The fourth-order valence-electron chi connectivity index (χ4n) is 2.88. The van der Waals surface area contributed by atoms with Gasteiger partial charge >= 0.3 is 0 Å². The Hall–Kier alpha value is -1.98. The smallest absolute Gasteiger partial charge is 0.225 e. The molecule has 2 heterocycles. The lowest BCUT2D eigenvalue weighted by atomic mass is 9.91. The van der Waals surface area contributed by atoms with Crippen LogP contribution in [0.1, 0.15) is 11.1 Å². The fourth-order valence-corrected chi connectivity index (χ4v) is 2.88. The maximum absolute atomic E-state index is 9.97. The first kappa shape index (κ1) is 14.9. The van der Waals surface area contributed by atoms with Crippen LogP contribution in [0.5, 0.6) is 0 Å². The van der Waals surface area contributed by atoms with E-state index in [1.54, 1.807) is 18.5 Å². The molecule has 1 saturated heterocycles. The number of anilines is 1. The van der Waals surface area contributed by atoms with Gasteiger partial charge in [0.2, 0.25) is 5.95 Å². The van der Waals surface area contributed by atoms with Crippen molar-refractivity contribution in [3.63, 3.8) is 0 Å². The van der Waals surface area contributed by atoms with Crippen molar-refractivity contribution < 1.29 is 9.84 Å². The summed E-state index contributed by atoms with van der Waals surface area (Å²) in [5.74, 6) is 0.688. The van der Waals surface area contributed by atoms with Crippen LogP contribution < -0.4 is 4.90 Å². The molecule has 1 atom stereocenters. The van der Waals surface area contributed by atoms with Gasteiger partial charge in [0, 0.05) is 25.4 Å². The lowest BCUT2D eigenvalue weighted by molar-refractivity contribution is -0.0871. The molecule has 0 bridgehead atoms. The number of hydrogen-bond donors (Lipinski definition) is 1. The van der Waals surface area contributed by atoms with Crippen molar-refractivity contribution in [1.82, 2.24) is 9.97 Å². The molecule has 5 nitrogen and oxygen atoms in total. The Morgan fingerprint density at radius 2 is 2.00 bits per heavy atom. The van der Waals surface area contributed by atoms with Crippen molar-refractivity contribution in [1.29, 1.82) is 0 Å². The second-order valence-electron chi connectivity index (χ2n) is 5.76. The third kappa shape index (κ3) is 3.10. The van der Waals surface area contributed by atoms with Crippen molar-refractivity contribution in [2.24, 2.45) is 0 Å². The quantitative estimate of drug-likeness (QED) is 0.929. The highest BCUT2D eigenvalue weighted by molar-refractivity contribution is 5.33. The lowest BCUT2D eigenvalue weighted by Gasteiger charge is -2.42. The number of aliphatic hydroxyl groups is 1. The fraction of sp³-hybridized carbons (Fsp3) is 0.412. The largest absolute Gasteiger partial charge is 0.393 e. The molecule has 1 fully saturated rings. The monoisotopic (exact) mass is 299 g/mol. The number of morpholine rings is 1. The van der Waals surface area contributed by atoms with Crippen LogP contribution in [0.4, 0.5) is 5.95 Å². The predicted molar refractivity (Wildman–Crippen MR) is 84.9 cm³/mol. The summed E-state index contributed by atoms with van der Waals surface area (Å²) in [5.41, 5.74) is 1.81. The van der Waals surface area contributed by atoms with E-state index in [4.69, 9.17) is 4.74 Å². The molecular formula is C17H21N3O2. The molecule has 5 heteroatoms. The summed E-state index contributed by atoms with van der Waals surface area (Å²) in [7, 11) is 0. The minimum absolute atomic E-state index is 0.0231. The summed E-state index contributed by atoms with van der Waals surface area (Å²) < 4.78 is 5.98. The third-order valence-electron chi connectivity index (χ3n) is 4.15. The molecule has 0 aliphatic carbocycles. The van der Waals surface area contributed by atoms with Crippen molar-refractivity contribution in [3.05, 3.63) is 53.9 Å². The molecular weight excluding hydrogens is 278 g/mol.